The molecule has 0 heterocycles. The van der Waals surface area contributed by atoms with Crippen molar-refractivity contribution in [1.29, 1.82) is 0 Å². The molecule has 0 bridgehead atoms. The second-order valence-electron chi connectivity index (χ2n) is 7.94. The van der Waals surface area contributed by atoms with E-state index in [4.69, 9.17) is 9.47 Å². The lowest BCUT2D eigenvalue weighted by molar-refractivity contribution is -0.116. The Morgan fingerprint density at radius 3 is 2.24 bits per heavy atom. The minimum Gasteiger partial charge on any atom is -0.493 e. The molecule has 0 saturated heterocycles. The van der Waals surface area contributed by atoms with E-state index < -0.39 is 15.9 Å². The van der Waals surface area contributed by atoms with Gasteiger partial charge in [0.15, 0.2) is 11.5 Å². The highest BCUT2D eigenvalue weighted by molar-refractivity contribution is 7.89. The number of ether oxygens (including phenoxy) is 2. The molecule has 1 amide bonds. The van der Waals surface area contributed by atoms with Crippen LogP contribution in [0.2, 0.25) is 0 Å². The van der Waals surface area contributed by atoms with Gasteiger partial charge < -0.3 is 14.8 Å². The molecule has 34 heavy (non-hydrogen) atoms. The Kier molecular flexibility index (Phi) is 8.31. The summed E-state index contributed by atoms with van der Waals surface area (Å²) in [4.78, 5) is 12.9. The number of aryl methyl sites for hydroxylation is 2. The molecule has 3 rings (SSSR count). The quantitative estimate of drug-likeness (QED) is 0.468. The van der Waals surface area contributed by atoms with Gasteiger partial charge in [0.05, 0.1) is 25.7 Å². The molecule has 0 unspecified atom stereocenters. The van der Waals surface area contributed by atoms with E-state index in [9.17, 15) is 13.2 Å². The molecular weight excluding hydrogens is 452 g/mol. The normalized spacial score (nSPS) is 11.3. The number of carbonyl (C=O) groups is 1. The summed E-state index contributed by atoms with van der Waals surface area (Å²) in [6.07, 6.45) is 0.463. The van der Waals surface area contributed by atoms with Crippen LogP contribution in [0.4, 0.5) is 5.69 Å². The van der Waals surface area contributed by atoms with Crippen molar-refractivity contribution < 1.29 is 22.7 Å². The summed E-state index contributed by atoms with van der Waals surface area (Å²) in [6, 6.07) is 19.5. The van der Waals surface area contributed by atoms with E-state index in [-0.39, 0.29) is 18.0 Å². The number of rotatable bonds is 10. The third kappa shape index (κ3) is 6.15. The molecule has 0 radical (unpaired) electrons. The maximum atomic E-state index is 13.6. The predicted molar refractivity (Wildman–Crippen MR) is 133 cm³/mol. The van der Waals surface area contributed by atoms with Crippen molar-refractivity contribution >= 4 is 21.6 Å². The van der Waals surface area contributed by atoms with Crippen LogP contribution in [0.5, 0.6) is 11.5 Å². The van der Waals surface area contributed by atoms with E-state index in [0.717, 1.165) is 16.7 Å². The largest absolute Gasteiger partial charge is 0.493 e. The van der Waals surface area contributed by atoms with Gasteiger partial charge in [-0.25, -0.2) is 8.42 Å². The molecule has 0 spiro atoms. The average Bonchev–Trinajstić information content (AvgIpc) is 2.84. The topological polar surface area (TPSA) is 84.9 Å². The Morgan fingerprint density at radius 1 is 0.882 bits per heavy atom. The Balaban J connectivity index is 1.87. The van der Waals surface area contributed by atoms with Crippen molar-refractivity contribution in [2.45, 2.75) is 25.2 Å². The highest BCUT2D eigenvalue weighted by Crippen LogP contribution is 2.30. The number of nitrogens with one attached hydrogen (secondary N) is 1. The molecule has 7 nitrogen and oxygen atoms in total. The van der Waals surface area contributed by atoms with Gasteiger partial charge in [-0.3, -0.25) is 4.79 Å². The monoisotopic (exact) mass is 482 g/mol. The number of sulfonamides is 1. The highest BCUT2D eigenvalue weighted by atomic mass is 32.2. The van der Waals surface area contributed by atoms with Crippen LogP contribution >= 0.6 is 0 Å². The standard InChI is InChI=1S/C26H30N2O5S/c1-19-10-11-22(16-20(19)2)27-26(29)18-28(15-14-21-8-6-5-7-9-21)34(30,31)23-12-13-24(32-3)25(17-23)33-4/h5-13,16-17H,14-15,18H2,1-4H3,(H,27,29). The summed E-state index contributed by atoms with van der Waals surface area (Å²) < 4.78 is 38.8. The van der Waals surface area contributed by atoms with Crippen molar-refractivity contribution in [3.63, 3.8) is 0 Å². The summed E-state index contributed by atoms with van der Waals surface area (Å²) in [5, 5.41) is 2.81. The van der Waals surface area contributed by atoms with Gasteiger partial charge >= 0.3 is 0 Å². The minimum atomic E-state index is -3.99. The molecular formula is C26H30N2O5S. The van der Waals surface area contributed by atoms with Crippen LogP contribution in [-0.2, 0) is 21.2 Å². The van der Waals surface area contributed by atoms with Gasteiger partial charge in [0.2, 0.25) is 15.9 Å². The Morgan fingerprint density at radius 2 is 1.59 bits per heavy atom. The highest BCUT2D eigenvalue weighted by Gasteiger charge is 2.28. The number of carbonyl (C=O) groups excluding carboxylic acids is 1. The lowest BCUT2D eigenvalue weighted by atomic mass is 10.1. The van der Waals surface area contributed by atoms with Crippen LogP contribution in [0, 0.1) is 13.8 Å². The van der Waals surface area contributed by atoms with Gasteiger partial charge in [-0.15, -0.1) is 0 Å². The molecule has 0 saturated carbocycles. The maximum absolute atomic E-state index is 13.6. The third-order valence-corrected chi connectivity index (χ3v) is 7.44. The Labute approximate surface area is 201 Å². The fourth-order valence-corrected chi connectivity index (χ4v) is 4.90. The molecule has 0 aliphatic rings. The van der Waals surface area contributed by atoms with Gasteiger partial charge in [0, 0.05) is 18.3 Å². The minimum absolute atomic E-state index is 0.0252. The fourth-order valence-electron chi connectivity index (χ4n) is 3.49. The van der Waals surface area contributed by atoms with Crippen LogP contribution in [0.15, 0.2) is 71.6 Å². The first-order valence-electron chi connectivity index (χ1n) is 10.9. The molecule has 0 atom stereocenters. The molecule has 3 aromatic carbocycles. The first-order valence-corrected chi connectivity index (χ1v) is 12.3. The number of anilines is 1. The lowest BCUT2D eigenvalue weighted by Gasteiger charge is -2.22. The van der Waals surface area contributed by atoms with Crippen molar-refractivity contribution in [3.05, 3.63) is 83.4 Å². The van der Waals surface area contributed by atoms with Crippen molar-refractivity contribution in [3.8, 4) is 11.5 Å². The molecule has 0 fully saturated rings. The number of nitrogens with zero attached hydrogens (tertiary/aromatic N) is 1. The summed E-state index contributed by atoms with van der Waals surface area (Å²) in [7, 11) is -1.07. The van der Waals surface area contributed by atoms with Crippen LogP contribution in [-0.4, -0.2) is 45.9 Å². The maximum Gasteiger partial charge on any atom is 0.243 e. The number of hydrogen-bond donors (Lipinski definition) is 1. The van der Waals surface area contributed by atoms with Crippen LogP contribution < -0.4 is 14.8 Å². The van der Waals surface area contributed by atoms with Gasteiger partial charge in [0.25, 0.3) is 0 Å². The van der Waals surface area contributed by atoms with Crippen LogP contribution in [0.3, 0.4) is 0 Å². The van der Waals surface area contributed by atoms with Gasteiger partial charge in [-0.1, -0.05) is 36.4 Å². The number of amides is 1. The zero-order valence-corrected chi connectivity index (χ0v) is 20.7. The first-order chi connectivity index (χ1) is 16.2. The zero-order chi connectivity index (χ0) is 24.7. The molecule has 0 aliphatic heterocycles. The molecule has 0 aliphatic carbocycles. The van der Waals surface area contributed by atoms with Crippen LogP contribution in [0.1, 0.15) is 16.7 Å². The van der Waals surface area contributed by atoms with E-state index in [2.05, 4.69) is 5.32 Å². The summed E-state index contributed by atoms with van der Waals surface area (Å²) in [5.74, 6) is 0.302. The van der Waals surface area contributed by atoms with Gasteiger partial charge in [-0.2, -0.15) is 4.31 Å². The SMILES string of the molecule is COc1ccc(S(=O)(=O)N(CCc2ccccc2)CC(=O)Nc2ccc(C)c(C)c2)cc1OC. The summed E-state index contributed by atoms with van der Waals surface area (Å²) in [5.41, 5.74) is 3.75. The fraction of sp³-hybridized carbons (Fsp3) is 0.269. The smallest absolute Gasteiger partial charge is 0.243 e. The van der Waals surface area contributed by atoms with Crippen LogP contribution in [0.25, 0.3) is 0 Å². The molecule has 180 valence electrons. The van der Waals surface area contributed by atoms with Crippen molar-refractivity contribution in [1.82, 2.24) is 4.31 Å². The Hall–Kier alpha value is -3.36. The van der Waals surface area contributed by atoms with Crippen molar-refractivity contribution in [2.75, 3.05) is 32.6 Å². The number of methoxy groups -OCH3 is 2. The van der Waals surface area contributed by atoms with Gasteiger partial charge in [0.1, 0.15) is 0 Å². The van der Waals surface area contributed by atoms with Crippen molar-refractivity contribution in [2.24, 2.45) is 0 Å². The number of benzene rings is 3. The first kappa shape index (κ1) is 25.3. The number of hydrogen-bond acceptors (Lipinski definition) is 5. The summed E-state index contributed by atoms with van der Waals surface area (Å²) >= 11 is 0. The Bertz CT molecular complexity index is 1240. The van der Waals surface area contributed by atoms with E-state index in [1.54, 1.807) is 6.07 Å². The third-order valence-electron chi connectivity index (χ3n) is 5.60. The molecule has 3 aromatic rings. The van der Waals surface area contributed by atoms with E-state index in [1.165, 1.54) is 36.7 Å². The summed E-state index contributed by atoms with van der Waals surface area (Å²) in [6.45, 7) is 3.76. The van der Waals surface area contributed by atoms with E-state index in [1.807, 2.05) is 56.3 Å². The van der Waals surface area contributed by atoms with Gasteiger partial charge in [-0.05, 0) is 61.2 Å². The average molecular weight is 483 g/mol. The second kappa shape index (κ2) is 11.2. The molecule has 8 heteroatoms. The zero-order valence-electron chi connectivity index (χ0n) is 19.9. The predicted octanol–water partition coefficient (Wildman–Crippen LogP) is 4.19. The van der Waals surface area contributed by atoms with E-state index >= 15 is 0 Å². The second-order valence-corrected chi connectivity index (χ2v) is 9.88. The van der Waals surface area contributed by atoms with E-state index in [0.29, 0.717) is 23.6 Å². The molecule has 1 N–H and O–H groups in total. The lowest BCUT2D eigenvalue weighted by Crippen LogP contribution is -2.39. The molecule has 0 aromatic heterocycles.